The van der Waals surface area contributed by atoms with Gasteiger partial charge in [-0.05, 0) is 13.3 Å². The van der Waals surface area contributed by atoms with Crippen LogP contribution in [0.15, 0.2) is 0 Å². The molecule has 1 fully saturated rings. The van der Waals surface area contributed by atoms with E-state index in [1.807, 2.05) is 11.8 Å². The first kappa shape index (κ1) is 18.6. The number of sulfonamides is 1. The van der Waals surface area contributed by atoms with Gasteiger partial charge in [0.15, 0.2) is 0 Å². The highest BCUT2D eigenvalue weighted by molar-refractivity contribution is 7.89. The Labute approximate surface area is 128 Å². The second kappa shape index (κ2) is 7.21. The van der Waals surface area contributed by atoms with Crippen LogP contribution in [0.2, 0.25) is 0 Å². The monoisotopic (exact) mass is 347 g/mol. The van der Waals surface area contributed by atoms with Crippen molar-refractivity contribution in [2.45, 2.75) is 32.0 Å². The second-order valence-electron chi connectivity index (χ2n) is 5.05. The fraction of sp³-hybridized carbons (Fsp3) is 0.909. The average Bonchev–Trinajstić information content (AvgIpc) is 2.36. The highest BCUT2D eigenvalue weighted by atomic mass is 32.2. The minimum Gasteiger partial charge on any atom is -0.392 e. The van der Waals surface area contributed by atoms with Gasteiger partial charge in [-0.1, -0.05) is 12.2 Å². The van der Waals surface area contributed by atoms with Gasteiger partial charge in [-0.3, -0.25) is 4.90 Å². The molecule has 1 heterocycles. The van der Waals surface area contributed by atoms with E-state index in [0.29, 0.717) is 18.1 Å². The number of hydrogen-bond acceptors (Lipinski definition) is 4. The molecular weight excluding hydrogens is 327 g/mol. The molecule has 0 aliphatic carbocycles. The van der Waals surface area contributed by atoms with Crippen LogP contribution < -0.4 is 5.73 Å². The number of halogens is 3. The van der Waals surface area contributed by atoms with E-state index in [9.17, 15) is 21.6 Å². The van der Waals surface area contributed by atoms with Gasteiger partial charge in [0.2, 0.25) is 10.0 Å². The Bertz CT molecular complexity index is 460. The van der Waals surface area contributed by atoms with Crippen molar-refractivity contribution in [2.75, 3.05) is 31.9 Å². The Morgan fingerprint density at radius 2 is 1.81 bits per heavy atom. The molecule has 0 spiro atoms. The Morgan fingerprint density at radius 1 is 1.29 bits per heavy atom. The first-order valence-corrected chi connectivity index (χ1v) is 8.62. The van der Waals surface area contributed by atoms with Crippen LogP contribution in [0.3, 0.4) is 0 Å². The Hall–Kier alpha value is -0.450. The number of rotatable bonds is 6. The molecule has 0 bridgehead atoms. The molecule has 1 rings (SSSR count). The summed E-state index contributed by atoms with van der Waals surface area (Å²) in [6.07, 6.45) is -5.81. The van der Waals surface area contributed by atoms with Gasteiger partial charge in [0.25, 0.3) is 0 Å². The quantitative estimate of drug-likeness (QED) is 0.725. The molecular formula is C11H20F3N3O2S2. The molecule has 124 valence electrons. The summed E-state index contributed by atoms with van der Waals surface area (Å²) in [7, 11) is -3.63. The number of nitrogens with zero attached hydrogens (tertiary/aromatic N) is 2. The maximum absolute atomic E-state index is 12.0. The summed E-state index contributed by atoms with van der Waals surface area (Å²) in [4.78, 5) is 2.31. The predicted octanol–water partition coefficient (Wildman–Crippen LogP) is 0.951. The Morgan fingerprint density at radius 3 is 2.24 bits per heavy atom. The molecule has 1 saturated heterocycles. The Kier molecular flexibility index (Phi) is 6.38. The van der Waals surface area contributed by atoms with Crippen molar-refractivity contribution < 1.29 is 21.6 Å². The lowest BCUT2D eigenvalue weighted by molar-refractivity contribution is -0.134. The molecule has 0 saturated carbocycles. The zero-order valence-corrected chi connectivity index (χ0v) is 13.4. The summed E-state index contributed by atoms with van der Waals surface area (Å²) < 4.78 is 61.3. The van der Waals surface area contributed by atoms with Crippen LogP contribution in [0.25, 0.3) is 0 Å². The average molecular weight is 347 g/mol. The van der Waals surface area contributed by atoms with E-state index < -0.39 is 34.8 Å². The Balaban J connectivity index is 2.47. The maximum Gasteiger partial charge on any atom is 0.389 e. The van der Waals surface area contributed by atoms with Crippen molar-refractivity contribution >= 4 is 27.2 Å². The van der Waals surface area contributed by atoms with Gasteiger partial charge in [0.1, 0.15) is 0 Å². The number of alkyl halides is 3. The molecule has 1 unspecified atom stereocenters. The van der Waals surface area contributed by atoms with Gasteiger partial charge in [-0.15, -0.1) is 0 Å². The predicted molar refractivity (Wildman–Crippen MR) is 78.5 cm³/mol. The van der Waals surface area contributed by atoms with E-state index in [-0.39, 0.29) is 19.1 Å². The van der Waals surface area contributed by atoms with Crippen molar-refractivity contribution in [3.05, 3.63) is 0 Å². The van der Waals surface area contributed by atoms with E-state index in [1.165, 1.54) is 4.31 Å². The fourth-order valence-corrected chi connectivity index (χ4v) is 3.77. The normalized spacial score (nSPS) is 20.4. The van der Waals surface area contributed by atoms with Crippen LogP contribution in [0, 0.1) is 0 Å². The maximum atomic E-state index is 12.0. The standard InChI is InChI=1S/C11H20F3N3O2S2/c1-9(10(15)20)16-4-6-17(7-5-16)21(18,19)8-2-3-11(12,13)14/h9H,2-8H2,1H3,(H2,15,20). The molecule has 0 aromatic heterocycles. The number of nitrogens with two attached hydrogens (primary N) is 1. The second-order valence-corrected chi connectivity index (χ2v) is 7.61. The minimum atomic E-state index is -4.32. The zero-order chi connectivity index (χ0) is 16.3. The third-order valence-corrected chi connectivity index (χ3v) is 5.79. The first-order chi connectivity index (χ1) is 9.53. The molecule has 1 atom stereocenters. The van der Waals surface area contributed by atoms with Crippen molar-refractivity contribution in [1.29, 1.82) is 0 Å². The fourth-order valence-electron chi connectivity index (χ4n) is 2.13. The topological polar surface area (TPSA) is 66.6 Å². The molecule has 5 nitrogen and oxygen atoms in total. The highest BCUT2D eigenvalue weighted by Crippen LogP contribution is 2.22. The minimum absolute atomic E-state index is 0.116. The van der Waals surface area contributed by atoms with Crippen LogP contribution >= 0.6 is 12.2 Å². The van der Waals surface area contributed by atoms with E-state index in [4.69, 9.17) is 18.0 Å². The molecule has 0 aromatic carbocycles. The smallest absolute Gasteiger partial charge is 0.389 e. The largest absolute Gasteiger partial charge is 0.392 e. The lowest BCUT2D eigenvalue weighted by atomic mass is 10.2. The summed E-state index contributed by atoms with van der Waals surface area (Å²) >= 11 is 4.89. The van der Waals surface area contributed by atoms with Crippen LogP contribution in [-0.2, 0) is 10.0 Å². The molecule has 0 aromatic rings. The molecule has 0 radical (unpaired) electrons. The van der Waals surface area contributed by atoms with Gasteiger partial charge in [-0.2, -0.15) is 17.5 Å². The number of hydrogen-bond donors (Lipinski definition) is 1. The molecule has 10 heteroatoms. The van der Waals surface area contributed by atoms with Crippen LogP contribution in [-0.4, -0.2) is 66.8 Å². The third-order valence-electron chi connectivity index (χ3n) is 3.49. The van der Waals surface area contributed by atoms with Crippen molar-refractivity contribution in [3.8, 4) is 0 Å². The summed E-state index contributed by atoms with van der Waals surface area (Å²) in [6, 6.07) is -0.116. The van der Waals surface area contributed by atoms with Crippen LogP contribution in [0.4, 0.5) is 13.2 Å². The van der Waals surface area contributed by atoms with E-state index in [1.54, 1.807) is 0 Å². The summed E-state index contributed by atoms with van der Waals surface area (Å²) in [5.74, 6) is -0.475. The van der Waals surface area contributed by atoms with Gasteiger partial charge in [0.05, 0.1) is 16.8 Å². The number of piperazine rings is 1. The van der Waals surface area contributed by atoms with Crippen LogP contribution in [0.1, 0.15) is 19.8 Å². The van der Waals surface area contributed by atoms with Gasteiger partial charge >= 0.3 is 6.18 Å². The van der Waals surface area contributed by atoms with E-state index in [2.05, 4.69) is 0 Å². The van der Waals surface area contributed by atoms with Crippen LogP contribution in [0.5, 0.6) is 0 Å². The summed E-state index contributed by atoms with van der Waals surface area (Å²) in [6.45, 7) is 3.28. The van der Waals surface area contributed by atoms with Gasteiger partial charge < -0.3 is 5.73 Å². The first-order valence-electron chi connectivity index (χ1n) is 6.61. The van der Waals surface area contributed by atoms with E-state index >= 15 is 0 Å². The molecule has 0 amide bonds. The zero-order valence-electron chi connectivity index (χ0n) is 11.8. The van der Waals surface area contributed by atoms with Crippen molar-refractivity contribution in [2.24, 2.45) is 5.73 Å². The SMILES string of the molecule is CC(C(N)=S)N1CCN(S(=O)(=O)CCCC(F)(F)F)CC1. The number of thiocarbonyl (C=S) groups is 1. The van der Waals surface area contributed by atoms with Crippen molar-refractivity contribution in [3.63, 3.8) is 0 Å². The lowest BCUT2D eigenvalue weighted by Gasteiger charge is -2.37. The highest BCUT2D eigenvalue weighted by Gasteiger charge is 2.31. The summed E-state index contributed by atoms with van der Waals surface area (Å²) in [5.41, 5.74) is 5.55. The molecule has 2 N–H and O–H groups in total. The molecule has 21 heavy (non-hydrogen) atoms. The molecule has 1 aliphatic rings. The lowest BCUT2D eigenvalue weighted by Crippen LogP contribution is -2.54. The van der Waals surface area contributed by atoms with Gasteiger partial charge in [-0.25, -0.2) is 8.42 Å². The summed E-state index contributed by atoms with van der Waals surface area (Å²) in [5, 5.41) is 0. The van der Waals surface area contributed by atoms with Gasteiger partial charge in [0, 0.05) is 32.6 Å². The van der Waals surface area contributed by atoms with E-state index in [0.717, 1.165) is 0 Å². The third kappa shape index (κ3) is 6.05. The van der Waals surface area contributed by atoms with Crippen molar-refractivity contribution in [1.82, 2.24) is 9.21 Å². The molecule has 1 aliphatic heterocycles.